The standard InChI is InChI=1S/C19H26N6O5S.C2HF3O2/c1-11(2)13-5-7-14(8-6-13)31(28,29)24-15-9-4-12(3)25(17(15)27)18(16(20)26)30-10-23-19(21)22;3-2(4,5)1(6)7/h4-9,11,18,24H,10H2,1-3H3,(H2,20,26)(H4,21,22,23);(H,6,7). The van der Waals surface area contributed by atoms with Gasteiger partial charge in [0, 0.05) is 5.69 Å². The van der Waals surface area contributed by atoms with Gasteiger partial charge in [-0.05, 0) is 42.7 Å². The molecular weight excluding hydrogens is 537 g/mol. The van der Waals surface area contributed by atoms with Gasteiger partial charge in [0.1, 0.15) is 12.4 Å². The van der Waals surface area contributed by atoms with E-state index in [9.17, 15) is 31.2 Å². The van der Waals surface area contributed by atoms with E-state index in [1.807, 2.05) is 13.8 Å². The number of nitrogens with two attached hydrogens (primary N) is 3. The summed E-state index contributed by atoms with van der Waals surface area (Å²) in [4.78, 5) is 37.3. The zero-order valence-electron chi connectivity index (χ0n) is 20.4. The first-order valence-electron chi connectivity index (χ1n) is 10.5. The third-order valence-corrected chi connectivity index (χ3v) is 6.00. The number of rotatable bonds is 9. The normalized spacial score (nSPS) is 12.2. The molecule has 0 saturated carbocycles. The van der Waals surface area contributed by atoms with Gasteiger partial charge in [-0.25, -0.2) is 18.2 Å². The van der Waals surface area contributed by atoms with Crippen molar-refractivity contribution < 1.29 is 41.0 Å². The van der Waals surface area contributed by atoms with E-state index >= 15 is 0 Å². The fourth-order valence-corrected chi connectivity index (χ4v) is 3.77. The number of halogens is 3. The second-order valence-corrected chi connectivity index (χ2v) is 9.51. The molecule has 0 fully saturated rings. The van der Waals surface area contributed by atoms with E-state index in [0.717, 1.165) is 10.1 Å². The van der Waals surface area contributed by atoms with Crippen LogP contribution in [0.3, 0.4) is 0 Å². The Balaban J connectivity index is 0.000000905. The molecule has 0 aliphatic heterocycles. The van der Waals surface area contributed by atoms with E-state index in [1.54, 1.807) is 12.1 Å². The Hall–Kier alpha value is -4.12. The van der Waals surface area contributed by atoms with Crippen LogP contribution >= 0.6 is 0 Å². The summed E-state index contributed by atoms with van der Waals surface area (Å²) in [5.74, 6) is -3.79. The number of sulfonamides is 1. The quantitative estimate of drug-likeness (QED) is 0.216. The lowest BCUT2D eigenvalue weighted by molar-refractivity contribution is -0.192. The lowest BCUT2D eigenvalue weighted by atomic mass is 10.0. The molecule has 17 heteroatoms. The van der Waals surface area contributed by atoms with E-state index in [2.05, 4.69) is 9.71 Å². The predicted octanol–water partition coefficient (Wildman–Crippen LogP) is 0.946. The van der Waals surface area contributed by atoms with Crippen LogP contribution in [0.4, 0.5) is 18.9 Å². The number of hydrogen-bond acceptors (Lipinski definition) is 7. The van der Waals surface area contributed by atoms with Crippen LogP contribution in [0.15, 0.2) is 51.1 Å². The molecule has 0 aliphatic rings. The topological polar surface area (TPSA) is 222 Å². The largest absolute Gasteiger partial charge is 0.490 e. The molecule has 0 saturated heterocycles. The number of guanidine groups is 1. The molecule has 8 N–H and O–H groups in total. The third kappa shape index (κ3) is 9.07. The van der Waals surface area contributed by atoms with Gasteiger partial charge in [-0.3, -0.25) is 18.9 Å². The van der Waals surface area contributed by atoms with E-state index in [4.69, 9.17) is 31.8 Å². The summed E-state index contributed by atoms with van der Waals surface area (Å²) >= 11 is 0. The molecule has 1 unspecified atom stereocenters. The number of carboxylic acid groups (broad SMARTS) is 1. The lowest BCUT2D eigenvalue weighted by Gasteiger charge is -2.20. The van der Waals surface area contributed by atoms with Crippen molar-refractivity contribution in [2.24, 2.45) is 22.2 Å². The van der Waals surface area contributed by atoms with Gasteiger partial charge in [0.2, 0.25) is 6.23 Å². The molecule has 210 valence electrons. The molecule has 38 heavy (non-hydrogen) atoms. The van der Waals surface area contributed by atoms with Crippen LogP contribution in [0.2, 0.25) is 0 Å². The van der Waals surface area contributed by atoms with Crippen molar-refractivity contribution in [3.05, 3.63) is 58.0 Å². The number of primary amides is 1. The highest BCUT2D eigenvalue weighted by Gasteiger charge is 2.38. The Morgan fingerprint density at radius 2 is 1.63 bits per heavy atom. The van der Waals surface area contributed by atoms with Gasteiger partial charge >= 0.3 is 12.1 Å². The number of carbonyl (C=O) groups is 2. The molecule has 1 atom stereocenters. The summed E-state index contributed by atoms with van der Waals surface area (Å²) in [6, 6.07) is 9.05. The number of aromatic nitrogens is 1. The SMILES string of the molecule is Cc1ccc(NS(=O)(=O)c2ccc(C(C)C)cc2)c(=O)n1C(OCN=C(N)N)C(N)=O.O=C(O)C(F)(F)F. The maximum atomic E-state index is 12.9. The number of nitrogens with one attached hydrogen (secondary N) is 1. The van der Waals surface area contributed by atoms with Crippen LogP contribution in [0.1, 0.15) is 37.3 Å². The molecular formula is C21H27F3N6O7S. The van der Waals surface area contributed by atoms with E-state index in [1.165, 1.54) is 31.2 Å². The number of aliphatic imine (C=N–C) groups is 1. The van der Waals surface area contributed by atoms with Crippen molar-refractivity contribution >= 4 is 33.5 Å². The Bertz CT molecular complexity index is 1340. The number of carbonyl (C=O) groups excluding carboxylic acids is 1. The molecule has 1 aromatic carbocycles. The lowest BCUT2D eigenvalue weighted by Crippen LogP contribution is -2.38. The van der Waals surface area contributed by atoms with Gasteiger partial charge in [-0.1, -0.05) is 26.0 Å². The number of aryl methyl sites for hydroxylation is 1. The second kappa shape index (κ2) is 12.9. The van der Waals surface area contributed by atoms with Gasteiger partial charge < -0.3 is 27.0 Å². The minimum absolute atomic E-state index is 0.0149. The molecule has 0 aliphatic carbocycles. The van der Waals surface area contributed by atoms with E-state index in [-0.39, 0.29) is 22.5 Å². The van der Waals surface area contributed by atoms with Gasteiger partial charge in [0.15, 0.2) is 5.96 Å². The number of aliphatic carboxylic acids is 1. The van der Waals surface area contributed by atoms with Gasteiger partial charge in [0.25, 0.3) is 21.5 Å². The highest BCUT2D eigenvalue weighted by atomic mass is 32.2. The minimum atomic E-state index is -5.08. The number of carboxylic acids is 1. The van der Waals surface area contributed by atoms with Crippen molar-refractivity contribution in [1.29, 1.82) is 0 Å². The predicted molar refractivity (Wildman–Crippen MR) is 130 cm³/mol. The molecule has 2 aromatic rings. The van der Waals surface area contributed by atoms with Crippen LogP contribution in [-0.4, -0.2) is 48.8 Å². The van der Waals surface area contributed by atoms with Crippen molar-refractivity contribution in [3.8, 4) is 0 Å². The second-order valence-electron chi connectivity index (χ2n) is 7.83. The molecule has 2 rings (SSSR count). The van der Waals surface area contributed by atoms with Crippen molar-refractivity contribution in [2.75, 3.05) is 11.5 Å². The summed E-state index contributed by atoms with van der Waals surface area (Å²) in [5, 5.41) is 7.12. The van der Waals surface area contributed by atoms with Crippen molar-refractivity contribution in [3.63, 3.8) is 0 Å². The first kappa shape index (κ1) is 31.9. The molecule has 0 spiro atoms. The average Bonchev–Trinajstić information content (AvgIpc) is 2.79. The summed E-state index contributed by atoms with van der Waals surface area (Å²) in [5.41, 5.74) is 16.0. The Labute approximate surface area is 215 Å². The van der Waals surface area contributed by atoms with Gasteiger partial charge in [-0.2, -0.15) is 13.2 Å². The van der Waals surface area contributed by atoms with Crippen LogP contribution in [0, 0.1) is 6.92 Å². The summed E-state index contributed by atoms with van der Waals surface area (Å²) in [7, 11) is -4.06. The van der Waals surface area contributed by atoms with Crippen LogP contribution in [0.5, 0.6) is 0 Å². The van der Waals surface area contributed by atoms with Crippen LogP contribution in [0.25, 0.3) is 0 Å². The summed E-state index contributed by atoms with van der Waals surface area (Å²) < 4.78 is 65.6. The number of hydrogen-bond donors (Lipinski definition) is 5. The zero-order valence-corrected chi connectivity index (χ0v) is 21.2. The molecule has 1 heterocycles. The molecule has 1 amide bonds. The Morgan fingerprint density at radius 1 is 1.11 bits per heavy atom. The number of ether oxygens (including phenoxy) is 1. The molecule has 1 aromatic heterocycles. The van der Waals surface area contributed by atoms with E-state index < -0.39 is 46.6 Å². The number of benzene rings is 1. The highest BCUT2D eigenvalue weighted by molar-refractivity contribution is 7.92. The molecule has 0 radical (unpaired) electrons. The number of amides is 1. The first-order chi connectivity index (χ1) is 17.4. The third-order valence-electron chi connectivity index (χ3n) is 4.62. The van der Waals surface area contributed by atoms with Crippen LogP contribution < -0.4 is 27.5 Å². The first-order valence-corrected chi connectivity index (χ1v) is 12.0. The minimum Gasteiger partial charge on any atom is -0.475 e. The maximum absolute atomic E-state index is 12.9. The van der Waals surface area contributed by atoms with Crippen LogP contribution in [-0.2, 0) is 24.3 Å². The fraction of sp³-hybridized carbons (Fsp3) is 0.333. The number of pyridine rings is 1. The van der Waals surface area contributed by atoms with Crippen molar-refractivity contribution in [2.45, 2.75) is 44.0 Å². The average molecular weight is 565 g/mol. The smallest absolute Gasteiger partial charge is 0.475 e. The van der Waals surface area contributed by atoms with Crippen molar-refractivity contribution in [1.82, 2.24) is 4.57 Å². The number of anilines is 1. The number of alkyl halides is 3. The van der Waals surface area contributed by atoms with Gasteiger partial charge in [0.05, 0.1) is 4.90 Å². The highest BCUT2D eigenvalue weighted by Crippen LogP contribution is 2.20. The van der Waals surface area contributed by atoms with Gasteiger partial charge in [-0.15, -0.1) is 0 Å². The molecule has 0 bridgehead atoms. The summed E-state index contributed by atoms with van der Waals surface area (Å²) in [6.07, 6.45) is -6.63. The maximum Gasteiger partial charge on any atom is 0.490 e. The van der Waals surface area contributed by atoms with E-state index in [0.29, 0.717) is 5.69 Å². The monoisotopic (exact) mass is 564 g/mol. The Morgan fingerprint density at radius 3 is 2.05 bits per heavy atom. The fourth-order valence-electron chi connectivity index (χ4n) is 2.72. The molecule has 13 nitrogen and oxygen atoms in total. The Kier molecular flexibility index (Phi) is 10.8. The number of nitrogens with zero attached hydrogens (tertiary/aromatic N) is 2. The zero-order chi connectivity index (χ0) is 29.4. The summed E-state index contributed by atoms with van der Waals surface area (Å²) in [6.45, 7) is 5.08.